The zero-order chi connectivity index (χ0) is 20.5. The number of anilines is 1. The molecular weight excluding hydrogens is 382 g/mol. The van der Waals surface area contributed by atoms with Gasteiger partial charge >= 0.3 is 0 Å². The summed E-state index contributed by atoms with van der Waals surface area (Å²) in [6.07, 6.45) is -1.52. The third kappa shape index (κ3) is 3.56. The molecule has 0 amide bonds. The fourth-order valence-electron chi connectivity index (χ4n) is 3.33. The molecule has 0 saturated carbocycles. The van der Waals surface area contributed by atoms with Gasteiger partial charge < -0.3 is 35.2 Å². The predicted octanol–water partition coefficient (Wildman–Crippen LogP) is -0.236. The van der Waals surface area contributed by atoms with Crippen molar-refractivity contribution in [2.24, 2.45) is 0 Å². The van der Waals surface area contributed by atoms with E-state index < -0.39 is 31.1 Å². The first kappa shape index (κ1) is 19.3. The molecule has 1 aliphatic heterocycles. The van der Waals surface area contributed by atoms with Crippen LogP contribution in [0.15, 0.2) is 30.9 Å². The monoisotopic (exact) mass is 403 g/mol. The van der Waals surface area contributed by atoms with Gasteiger partial charge in [0, 0.05) is 12.6 Å². The summed E-state index contributed by atoms with van der Waals surface area (Å²) in [6, 6.07) is 4.89. The summed E-state index contributed by atoms with van der Waals surface area (Å²) in [7, 11) is 1.52. The van der Waals surface area contributed by atoms with Gasteiger partial charge in [0.05, 0.1) is 20.0 Å². The number of phenols is 1. The first-order valence-corrected chi connectivity index (χ1v) is 8.92. The largest absolute Gasteiger partial charge is 0.508 e. The average Bonchev–Trinajstić information content (AvgIpc) is 3.27. The van der Waals surface area contributed by atoms with Crippen LogP contribution >= 0.6 is 0 Å². The summed E-state index contributed by atoms with van der Waals surface area (Å²) in [5.41, 5.74) is 1.61. The van der Waals surface area contributed by atoms with Crippen molar-refractivity contribution >= 4 is 17.0 Å². The Bertz CT molecular complexity index is 1010. The molecular formula is C18H21N5O6. The molecule has 1 saturated heterocycles. The molecule has 0 spiro atoms. The molecule has 1 aromatic carbocycles. The van der Waals surface area contributed by atoms with Gasteiger partial charge in [-0.15, -0.1) is 0 Å². The Morgan fingerprint density at radius 3 is 2.72 bits per heavy atom. The van der Waals surface area contributed by atoms with Gasteiger partial charge in [-0.3, -0.25) is 4.57 Å². The smallest absolute Gasteiger partial charge is 0.167 e. The van der Waals surface area contributed by atoms with Crippen LogP contribution in [0.1, 0.15) is 11.8 Å². The highest BCUT2D eigenvalue weighted by atomic mass is 16.6. The highest BCUT2D eigenvalue weighted by molar-refractivity contribution is 5.82. The van der Waals surface area contributed by atoms with Crippen molar-refractivity contribution < 1.29 is 29.9 Å². The van der Waals surface area contributed by atoms with E-state index in [-0.39, 0.29) is 5.75 Å². The van der Waals surface area contributed by atoms with Crippen molar-refractivity contribution in [3.63, 3.8) is 0 Å². The van der Waals surface area contributed by atoms with E-state index in [2.05, 4.69) is 20.3 Å². The topological polar surface area (TPSA) is 155 Å². The highest BCUT2D eigenvalue weighted by Gasteiger charge is 2.44. The fourth-order valence-corrected chi connectivity index (χ4v) is 3.33. The van der Waals surface area contributed by atoms with Crippen LogP contribution in [0, 0.1) is 0 Å². The quantitative estimate of drug-likeness (QED) is 0.372. The van der Waals surface area contributed by atoms with E-state index in [9.17, 15) is 20.4 Å². The molecule has 154 valence electrons. The second-order valence-corrected chi connectivity index (χ2v) is 6.67. The maximum absolute atomic E-state index is 10.3. The number of aliphatic hydroxyl groups excluding tert-OH is 3. The first-order valence-electron chi connectivity index (χ1n) is 8.92. The standard InChI is InChI=1S/C18H21N5O6/c1-28-11-3-9(2-10(25)4-11)5-19-16-13-17(21-7-20-16)23(8-22-13)18-15(27)14(26)12(6-24)29-18/h2-4,7-8,12,14-15,18,24-27H,5-6H2,1H3,(H,19,20,21)/t12-,14-,15-,18?/m1/s1. The molecule has 1 fully saturated rings. The second kappa shape index (κ2) is 7.79. The lowest BCUT2D eigenvalue weighted by Gasteiger charge is -2.16. The third-order valence-electron chi connectivity index (χ3n) is 4.80. The Morgan fingerprint density at radius 2 is 2.00 bits per heavy atom. The van der Waals surface area contributed by atoms with Crippen LogP contribution in [0.2, 0.25) is 0 Å². The van der Waals surface area contributed by atoms with Gasteiger partial charge in [0.1, 0.15) is 36.1 Å². The number of benzene rings is 1. The first-order chi connectivity index (χ1) is 14.0. The van der Waals surface area contributed by atoms with Crippen molar-refractivity contribution in [1.82, 2.24) is 19.5 Å². The summed E-state index contributed by atoms with van der Waals surface area (Å²) in [4.78, 5) is 12.7. The van der Waals surface area contributed by atoms with Crippen molar-refractivity contribution in [1.29, 1.82) is 0 Å². The number of nitrogens with one attached hydrogen (secondary N) is 1. The summed E-state index contributed by atoms with van der Waals surface area (Å²) in [5.74, 6) is 1.06. The van der Waals surface area contributed by atoms with Crippen LogP contribution in [0.5, 0.6) is 11.5 Å². The van der Waals surface area contributed by atoms with E-state index in [1.54, 1.807) is 12.1 Å². The third-order valence-corrected chi connectivity index (χ3v) is 4.80. The second-order valence-electron chi connectivity index (χ2n) is 6.67. The lowest BCUT2D eigenvalue weighted by Crippen LogP contribution is -2.33. The molecule has 0 radical (unpaired) electrons. The van der Waals surface area contributed by atoms with Gasteiger partial charge in [0.15, 0.2) is 23.2 Å². The van der Waals surface area contributed by atoms with Crippen LogP contribution in [-0.4, -0.2) is 72.0 Å². The zero-order valence-corrected chi connectivity index (χ0v) is 15.5. The maximum atomic E-state index is 10.3. The normalized spacial score (nSPS) is 24.1. The van der Waals surface area contributed by atoms with Gasteiger partial charge in [0.25, 0.3) is 0 Å². The number of aromatic nitrogens is 4. The van der Waals surface area contributed by atoms with Gasteiger partial charge in [-0.1, -0.05) is 0 Å². The lowest BCUT2D eigenvalue weighted by atomic mass is 10.1. The van der Waals surface area contributed by atoms with Crippen molar-refractivity contribution in [3.05, 3.63) is 36.4 Å². The minimum Gasteiger partial charge on any atom is -0.508 e. The number of ether oxygens (including phenoxy) is 2. The molecule has 2 aromatic heterocycles. The summed E-state index contributed by atoms with van der Waals surface area (Å²) < 4.78 is 12.2. The molecule has 0 bridgehead atoms. The number of aliphatic hydroxyl groups is 3. The Hall–Kier alpha value is -2.99. The van der Waals surface area contributed by atoms with Gasteiger partial charge in [-0.2, -0.15) is 0 Å². The van der Waals surface area contributed by atoms with Crippen LogP contribution in [0.4, 0.5) is 5.82 Å². The number of hydrogen-bond donors (Lipinski definition) is 5. The fraction of sp³-hybridized carbons (Fsp3) is 0.389. The maximum Gasteiger partial charge on any atom is 0.167 e. The number of rotatable bonds is 6. The van der Waals surface area contributed by atoms with E-state index >= 15 is 0 Å². The summed E-state index contributed by atoms with van der Waals surface area (Å²) >= 11 is 0. The Balaban J connectivity index is 1.59. The van der Waals surface area contributed by atoms with Gasteiger partial charge in [-0.05, 0) is 17.7 Å². The number of fused-ring (bicyclic) bond motifs is 1. The molecule has 11 heteroatoms. The lowest BCUT2D eigenvalue weighted by molar-refractivity contribution is -0.0511. The van der Waals surface area contributed by atoms with E-state index in [4.69, 9.17) is 9.47 Å². The molecule has 29 heavy (non-hydrogen) atoms. The number of hydrogen-bond acceptors (Lipinski definition) is 10. The SMILES string of the molecule is COc1cc(O)cc(CNc2ncnc3c2ncn3C2O[C@H](CO)[C@@H](O)[C@H]2O)c1. The van der Waals surface area contributed by atoms with Crippen LogP contribution in [0.25, 0.3) is 11.2 Å². The number of aromatic hydroxyl groups is 1. The van der Waals surface area contributed by atoms with Crippen molar-refractivity contribution in [3.8, 4) is 11.5 Å². The van der Waals surface area contributed by atoms with E-state index in [0.717, 1.165) is 5.56 Å². The van der Waals surface area contributed by atoms with Crippen molar-refractivity contribution in [2.45, 2.75) is 31.1 Å². The number of nitrogens with zero attached hydrogens (tertiary/aromatic N) is 4. The number of imidazole rings is 1. The molecule has 3 aromatic rings. The Morgan fingerprint density at radius 1 is 1.17 bits per heavy atom. The number of methoxy groups -OCH3 is 1. The molecule has 4 atom stereocenters. The van der Waals surface area contributed by atoms with Crippen LogP contribution in [0.3, 0.4) is 0 Å². The zero-order valence-electron chi connectivity index (χ0n) is 15.5. The number of phenolic OH excluding ortho intramolecular Hbond substituents is 1. The Kier molecular flexibility index (Phi) is 5.20. The molecule has 0 aliphatic carbocycles. The average molecular weight is 403 g/mol. The van der Waals surface area contributed by atoms with Gasteiger partial charge in [-0.25, -0.2) is 15.0 Å². The summed E-state index contributed by atoms with van der Waals surface area (Å²) in [5, 5.41) is 42.4. The molecule has 1 unspecified atom stereocenters. The molecule has 11 nitrogen and oxygen atoms in total. The van der Waals surface area contributed by atoms with E-state index in [1.165, 1.54) is 30.4 Å². The molecule has 3 heterocycles. The van der Waals surface area contributed by atoms with Crippen LogP contribution < -0.4 is 10.1 Å². The highest BCUT2D eigenvalue weighted by Crippen LogP contribution is 2.32. The van der Waals surface area contributed by atoms with Gasteiger partial charge in [0.2, 0.25) is 0 Å². The molecule has 1 aliphatic rings. The molecule has 5 N–H and O–H groups in total. The van der Waals surface area contributed by atoms with E-state index in [1.807, 2.05) is 0 Å². The van der Waals surface area contributed by atoms with E-state index in [0.29, 0.717) is 29.3 Å². The van der Waals surface area contributed by atoms with Crippen LogP contribution in [-0.2, 0) is 11.3 Å². The Labute approximate surface area is 165 Å². The minimum atomic E-state index is -1.24. The summed E-state index contributed by atoms with van der Waals surface area (Å²) in [6.45, 7) is -0.0753. The minimum absolute atomic E-state index is 0.0858. The predicted molar refractivity (Wildman–Crippen MR) is 100 cm³/mol. The molecule has 4 rings (SSSR count). The van der Waals surface area contributed by atoms with Crippen molar-refractivity contribution in [2.75, 3.05) is 19.0 Å².